The summed E-state index contributed by atoms with van der Waals surface area (Å²) in [5, 5.41) is 1.78. The first-order valence-electron chi connectivity index (χ1n) is 5.31. The fraction of sp³-hybridized carbons (Fsp3) is 0.0769. The SMILES string of the molecule is Cc1ccnc2ccc(-c3cnc(N)s3)cc12. The van der Waals surface area contributed by atoms with Gasteiger partial charge in [-0.3, -0.25) is 4.98 Å². The number of fused-ring (bicyclic) bond motifs is 1. The van der Waals surface area contributed by atoms with Crippen LogP contribution in [0, 0.1) is 6.92 Å². The number of aromatic nitrogens is 2. The highest BCUT2D eigenvalue weighted by molar-refractivity contribution is 7.18. The minimum atomic E-state index is 0.600. The monoisotopic (exact) mass is 241 g/mol. The van der Waals surface area contributed by atoms with E-state index in [2.05, 4.69) is 29.0 Å². The minimum absolute atomic E-state index is 0.600. The second-order valence-electron chi connectivity index (χ2n) is 3.92. The third-order valence-corrected chi connectivity index (χ3v) is 3.64. The first-order chi connectivity index (χ1) is 8.24. The van der Waals surface area contributed by atoms with Gasteiger partial charge in [0.2, 0.25) is 0 Å². The van der Waals surface area contributed by atoms with Crippen LogP contribution in [0.15, 0.2) is 36.7 Å². The predicted octanol–water partition coefficient (Wildman–Crippen LogP) is 3.25. The molecule has 0 radical (unpaired) electrons. The number of hydrogen-bond acceptors (Lipinski definition) is 4. The molecule has 3 rings (SSSR count). The normalized spacial score (nSPS) is 10.9. The number of nitrogen functional groups attached to an aromatic ring is 1. The highest BCUT2D eigenvalue weighted by Gasteiger charge is 2.05. The summed E-state index contributed by atoms with van der Waals surface area (Å²) in [4.78, 5) is 9.51. The number of anilines is 1. The lowest BCUT2D eigenvalue weighted by molar-refractivity contribution is 1.37. The molecule has 0 aliphatic rings. The average molecular weight is 241 g/mol. The van der Waals surface area contributed by atoms with Crippen molar-refractivity contribution in [1.82, 2.24) is 9.97 Å². The van der Waals surface area contributed by atoms with Crippen LogP contribution in [-0.4, -0.2) is 9.97 Å². The zero-order valence-electron chi connectivity index (χ0n) is 9.34. The van der Waals surface area contributed by atoms with Crippen LogP contribution in [-0.2, 0) is 0 Å². The quantitative estimate of drug-likeness (QED) is 0.711. The molecule has 0 saturated heterocycles. The van der Waals surface area contributed by atoms with Gasteiger partial charge in [0.05, 0.1) is 10.4 Å². The molecule has 0 unspecified atom stereocenters. The Balaban J connectivity index is 2.22. The summed E-state index contributed by atoms with van der Waals surface area (Å²) in [6.07, 6.45) is 3.65. The zero-order chi connectivity index (χ0) is 11.8. The predicted molar refractivity (Wildman–Crippen MR) is 72.0 cm³/mol. The number of pyridine rings is 1. The first-order valence-corrected chi connectivity index (χ1v) is 6.13. The van der Waals surface area contributed by atoms with Crippen molar-refractivity contribution in [2.45, 2.75) is 6.92 Å². The second kappa shape index (κ2) is 3.82. The van der Waals surface area contributed by atoms with Crippen LogP contribution in [0.4, 0.5) is 5.13 Å². The molecule has 4 heteroatoms. The fourth-order valence-corrected chi connectivity index (χ4v) is 2.54. The molecule has 0 aliphatic heterocycles. The lowest BCUT2D eigenvalue weighted by Gasteiger charge is -2.03. The van der Waals surface area contributed by atoms with E-state index in [9.17, 15) is 0 Å². The van der Waals surface area contributed by atoms with E-state index >= 15 is 0 Å². The zero-order valence-corrected chi connectivity index (χ0v) is 10.2. The summed E-state index contributed by atoms with van der Waals surface area (Å²) >= 11 is 1.50. The molecule has 0 atom stereocenters. The van der Waals surface area contributed by atoms with E-state index in [1.165, 1.54) is 22.3 Å². The first kappa shape index (κ1) is 10.2. The maximum Gasteiger partial charge on any atom is 0.180 e. The smallest absolute Gasteiger partial charge is 0.180 e. The standard InChI is InChI=1S/C13H11N3S/c1-8-4-5-15-11-3-2-9(6-10(8)11)12-7-16-13(14)17-12/h2-7H,1H3,(H2,14,16). The lowest BCUT2D eigenvalue weighted by atomic mass is 10.1. The number of nitrogens with zero attached hydrogens (tertiary/aromatic N) is 2. The molecule has 0 aliphatic carbocycles. The van der Waals surface area contributed by atoms with Gasteiger partial charge in [0.15, 0.2) is 5.13 Å². The van der Waals surface area contributed by atoms with Crippen LogP contribution in [0.5, 0.6) is 0 Å². The van der Waals surface area contributed by atoms with Gasteiger partial charge in [-0.25, -0.2) is 4.98 Å². The van der Waals surface area contributed by atoms with Crippen molar-refractivity contribution in [3.8, 4) is 10.4 Å². The highest BCUT2D eigenvalue weighted by Crippen LogP contribution is 2.30. The average Bonchev–Trinajstić information content (AvgIpc) is 2.76. The number of hydrogen-bond donors (Lipinski definition) is 1. The minimum Gasteiger partial charge on any atom is -0.375 e. The van der Waals surface area contributed by atoms with Gasteiger partial charge in [0.1, 0.15) is 0 Å². The van der Waals surface area contributed by atoms with E-state index in [4.69, 9.17) is 5.73 Å². The molecule has 3 nitrogen and oxygen atoms in total. The van der Waals surface area contributed by atoms with Crippen LogP contribution in [0.25, 0.3) is 21.3 Å². The summed E-state index contributed by atoms with van der Waals surface area (Å²) in [6, 6.07) is 8.26. The summed E-state index contributed by atoms with van der Waals surface area (Å²) in [5.41, 5.74) is 9.05. The van der Waals surface area contributed by atoms with E-state index in [-0.39, 0.29) is 0 Å². The van der Waals surface area contributed by atoms with Crippen molar-refractivity contribution in [1.29, 1.82) is 0 Å². The molecule has 0 spiro atoms. The van der Waals surface area contributed by atoms with E-state index < -0.39 is 0 Å². The van der Waals surface area contributed by atoms with Crippen LogP contribution in [0.2, 0.25) is 0 Å². The van der Waals surface area contributed by atoms with Crippen LogP contribution in [0.3, 0.4) is 0 Å². The van der Waals surface area contributed by atoms with Gasteiger partial charge in [-0.05, 0) is 36.2 Å². The van der Waals surface area contributed by atoms with Gasteiger partial charge in [-0.15, -0.1) is 0 Å². The molecule has 2 N–H and O–H groups in total. The van der Waals surface area contributed by atoms with Crippen molar-refractivity contribution >= 4 is 27.4 Å². The van der Waals surface area contributed by atoms with Crippen molar-refractivity contribution in [3.63, 3.8) is 0 Å². The Hall–Kier alpha value is -1.94. The Morgan fingerprint density at radius 3 is 2.82 bits per heavy atom. The van der Waals surface area contributed by atoms with Gasteiger partial charge >= 0.3 is 0 Å². The van der Waals surface area contributed by atoms with Crippen LogP contribution in [0.1, 0.15) is 5.56 Å². The Bertz CT molecular complexity index is 688. The van der Waals surface area contributed by atoms with E-state index in [0.717, 1.165) is 16.0 Å². The van der Waals surface area contributed by atoms with Crippen molar-refractivity contribution < 1.29 is 0 Å². The molecule has 0 bridgehead atoms. The topological polar surface area (TPSA) is 51.8 Å². The molecule has 1 aromatic carbocycles. The second-order valence-corrected chi connectivity index (χ2v) is 4.98. The maximum atomic E-state index is 5.65. The summed E-state index contributed by atoms with van der Waals surface area (Å²) in [7, 11) is 0. The molecular formula is C13H11N3S. The molecule has 17 heavy (non-hydrogen) atoms. The van der Waals surface area contributed by atoms with Gasteiger partial charge in [-0.1, -0.05) is 17.4 Å². The largest absolute Gasteiger partial charge is 0.375 e. The van der Waals surface area contributed by atoms with Gasteiger partial charge in [0.25, 0.3) is 0 Å². The van der Waals surface area contributed by atoms with E-state index in [1.54, 1.807) is 0 Å². The number of thiazole rings is 1. The van der Waals surface area contributed by atoms with Gasteiger partial charge < -0.3 is 5.73 Å². The molecule has 3 aromatic rings. The third kappa shape index (κ3) is 1.76. The molecule has 2 aromatic heterocycles. The Morgan fingerprint density at radius 1 is 1.18 bits per heavy atom. The van der Waals surface area contributed by atoms with Crippen molar-refractivity contribution in [3.05, 3.63) is 42.2 Å². The molecule has 0 saturated carbocycles. The summed E-state index contributed by atoms with van der Waals surface area (Å²) in [6.45, 7) is 2.09. The van der Waals surface area contributed by atoms with Crippen LogP contribution >= 0.6 is 11.3 Å². The van der Waals surface area contributed by atoms with E-state index in [1.807, 2.05) is 24.5 Å². The molecule has 2 heterocycles. The molecule has 0 amide bonds. The number of rotatable bonds is 1. The number of aryl methyl sites for hydroxylation is 1. The number of benzene rings is 1. The van der Waals surface area contributed by atoms with Crippen LogP contribution < -0.4 is 5.73 Å². The fourth-order valence-electron chi connectivity index (χ4n) is 1.86. The Kier molecular flexibility index (Phi) is 2.30. The lowest BCUT2D eigenvalue weighted by Crippen LogP contribution is -1.83. The molecule has 0 fully saturated rings. The summed E-state index contributed by atoms with van der Waals surface area (Å²) in [5.74, 6) is 0. The molecule has 84 valence electrons. The third-order valence-electron chi connectivity index (χ3n) is 2.77. The van der Waals surface area contributed by atoms with Gasteiger partial charge in [0, 0.05) is 17.8 Å². The Labute approximate surface area is 103 Å². The van der Waals surface area contributed by atoms with Gasteiger partial charge in [-0.2, -0.15) is 0 Å². The molecular weight excluding hydrogens is 230 g/mol. The highest BCUT2D eigenvalue weighted by atomic mass is 32.1. The van der Waals surface area contributed by atoms with Crippen molar-refractivity contribution in [2.24, 2.45) is 0 Å². The van der Waals surface area contributed by atoms with Crippen molar-refractivity contribution in [2.75, 3.05) is 5.73 Å². The Morgan fingerprint density at radius 2 is 2.06 bits per heavy atom. The number of nitrogens with two attached hydrogens (primary N) is 1. The summed E-state index contributed by atoms with van der Waals surface area (Å²) < 4.78 is 0. The van der Waals surface area contributed by atoms with E-state index in [0.29, 0.717) is 5.13 Å². The maximum absolute atomic E-state index is 5.65.